The van der Waals surface area contributed by atoms with E-state index in [-0.39, 0.29) is 29.0 Å². The zero-order valence-electron chi connectivity index (χ0n) is 28.0. The van der Waals surface area contributed by atoms with Gasteiger partial charge in [0.05, 0.1) is 22.8 Å². The van der Waals surface area contributed by atoms with Gasteiger partial charge in [-0.05, 0) is 69.9 Å². The fraction of sp³-hybridized carbons (Fsp3) is 0.559. The standard InChI is InChI=1S/C34H43F3N8OS2/c1-21(43-16-22(2)45(48(5)46)23(3)17-43)18-44-27(15-38)12-29-24(4)25(6-7-31(29)44)19-42-10-8-26(9-11-42)41-32-30-13-28(14-34(35,36)37)47-33(30)40-20-39-32/h6-7,12-13,20-23,26H,8-11,14,16-19H2,1-5H3,(H,39,40,41). The van der Waals surface area contributed by atoms with Crippen LogP contribution >= 0.6 is 11.3 Å². The first-order chi connectivity index (χ1) is 22.8. The van der Waals surface area contributed by atoms with E-state index in [1.165, 1.54) is 17.5 Å². The third kappa shape index (κ3) is 7.40. The third-order valence-corrected chi connectivity index (χ3v) is 12.2. The average molecular weight is 701 g/mol. The van der Waals surface area contributed by atoms with Crippen molar-refractivity contribution in [1.82, 2.24) is 28.6 Å². The van der Waals surface area contributed by atoms with Crippen molar-refractivity contribution in [3.05, 3.63) is 52.3 Å². The Morgan fingerprint density at radius 3 is 2.48 bits per heavy atom. The van der Waals surface area contributed by atoms with E-state index in [0.717, 1.165) is 67.8 Å². The summed E-state index contributed by atoms with van der Waals surface area (Å²) in [5.74, 6) is 0.597. The van der Waals surface area contributed by atoms with Crippen LogP contribution in [-0.2, 0) is 30.5 Å². The van der Waals surface area contributed by atoms with Gasteiger partial charge in [0, 0.05) is 85.5 Å². The van der Waals surface area contributed by atoms with Crippen molar-refractivity contribution in [2.75, 3.05) is 37.8 Å². The zero-order valence-corrected chi connectivity index (χ0v) is 29.7. The van der Waals surface area contributed by atoms with E-state index in [0.29, 0.717) is 28.3 Å². The van der Waals surface area contributed by atoms with Crippen LogP contribution in [0.15, 0.2) is 30.6 Å². The molecule has 0 amide bonds. The van der Waals surface area contributed by atoms with E-state index in [4.69, 9.17) is 0 Å². The number of piperidine rings is 1. The lowest BCUT2D eigenvalue weighted by Gasteiger charge is -2.45. The number of nitrogens with zero attached hydrogens (tertiary/aromatic N) is 7. The average Bonchev–Trinajstić information content (AvgIpc) is 3.59. The molecular formula is C34H43F3N8OS2. The van der Waals surface area contributed by atoms with Crippen LogP contribution in [0.5, 0.6) is 0 Å². The van der Waals surface area contributed by atoms with Gasteiger partial charge in [-0.3, -0.25) is 9.80 Å². The molecule has 0 bridgehead atoms. The highest BCUT2D eigenvalue weighted by Crippen LogP contribution is 2.34. The number of rotatable bonds is 9. The number of alkyl halides is 3. The molecule has 2 fully saturated rings. The Kier molecular flexibility index (Phi) is 10.2. The van der Waals surface area contributed by atoms with Crippen molar-refractivity contribution in [2.45, 2.75) is 90.4 Å². The zero-order chi connectivity index (χ0) is 34.3. The van der Waals surface area contributed by atoms with E-state index in [9.17, 15) is 22.6 Å². The molecule has 0 aliphatic carbocycles. The van der Waals surface area contributed by atoms with E-state index in [2.05, 4.69) is 79.9 Å². The van der Waals surface area contributed by atoms with Crippen LogP contribution in [0.2, 0.25) is 0 Å². The number of likely N-dealkylation sites (tertiary alicyclic amines) is 1. The molecule has 4 atom stereocenters. The summed E-state index contributed by atoms with van der Waals surface area (Å²) in [6.45, 7) is 13.6. The number of fused-ring (bicyclic) bond motifs is 2. The first kappa shape index (κ1) is 34.8. The number of benzene rings is 1. The number of anilines is 1. The minimum atomic E-state index is -4.26. The third-order valence-electron chi connectivity index (χ3n) is 9.89. The summed E-state index contributed by atoms with van der Waals surface area (Å²) in [4.78, 5) is 14.2. The second-order valence-corrected chi connectivity index (χ2v) is 15.8. The molecule has 1 aromatic carbocycles. The molecular weight excluding hydrogens is 658 g/mol. The molecule has 6 rings (SSSR count). The maximum absolute atomic E-state index is 13.0. The van der Waals surface area contributed by atoms with E-state index in [1.54, 1.807) is 12.3 Å². The van der Waals surface area contributed by atoms with Crippen molar-refractivity contribution < 1.29 is 17.4 Å². The molecule has 3 aromatic heterocycles. The second kappa shape index (κ2) is 14.0. The molecule has 4 unspecified atom stereocenters. The molecule has 2 saturated heterocycles. The molecule has 14 heteroatoms. The maximum Gasteiger partial charge on any atom is 0.393 e. The smallest absolute Gasteiger partial charge is 0.367 e. The minimum Gasteiger partial charge on any atom is -0.367 e. The number of nitriles is 1. The summed E-state index contributed by atoms with van der Waals surface area (Å²) in [5.41, 5.74) is 4.16. The SMILES string of the molecule is Cc1c(CN2CCC(Nc3ncnc4sc(CC(F)(F)F)cc34)CC2)ccc2c1cc(C#N)n2CC(C)N1CC(C)N(S(C)=O)C(C)C1. The van der Waals surface area contributed by atoms with Gasteiger partial charge in [0.1, 0.15) is 28.7 Å². The van der Waals surface area contributed by atoms with Gasteiger partial charge in [0.2, 0.25) is 0 Å². The Hall–Kier alpha value is -3.09. The number of aryl methyl sites for hydroxylation is 1. The summed E-state index contributed by atoms with van der Waals surface area (Å²) in [6, 6.07) is 11.1. The lowest BCUT2D eigenvalue weighted by molar-refractivity contribution is -0.126. The number of aromatic nitrogens is 3. The van der Waals surface area contributed by atoms with Gasteiger partial charge in [0.25, 0.3) is 0 Å². The van der Waals surface area contributed by atoms with Crippen LogP contribution in [0.25, 0.3) is 21.1 Å². The predicted molar refractivity (Wildman–Crippen MR) is 186 cm³/mol. The van der Waals surface area contributed by atoms with Crippen LogP contribution in [0, 0.1) is 18.3 Å². The predicted octanol–water partition coefficient (Wildman–Crippen LogP) is 6.08. The molecule has 2 aliphatic heterocycles. The van der Waals surface area contributed by atoms with Gasteiger partial charge < -0.3 is 9.88 Å². The fourth-order valence-corrected chi connectivity index (χ4v) is 9.73. The van der Waals surface area contributed by atoms with Gasteiger partial charge in [-0.15, -0.1) is 11.3 Å². The van der Waals surface area contributed by atoms with Crippen molar-refractivity contribution in [1.29, 1.82) is 5.26 Å². The fourth-order valence-electron chi connectivity index (χ4n) is 7.55. The summed E-state index contributed by atoms with van der Waals surface area (Å²) < 4.78 is 55.4. The van der Waals surface area contributed by atoms with Crippen LogP contribution in [0.1, 0.15) is 55.3 Å². The van der Waals surface area contributed by atoms with Gasteiger partial charge in [0.15, 0.2) is 0 Å². The number of hydrogen-bond donors (Lipinski definition) is 1. The van der Waals surface area contributed by atoms with Gasteiger partial charge in [-0.1, -0.05) is 6.07 Å². The van der Waals surface area contributed by atoms with Crippen molar-refractivity contribution in [3.63, 3.8) is 0 Å². The van der Waals surface area contributed by atoms with Crippen molar-refractivity contribution in [3.8, 4) is 6.07 Å². The van der Waals surface area contributed by atoms with E-state index >= 15 is 0 Å². The Labute approximate surface area is 286 Å². The Balaban J connectivity index is 1.10. The van der Waals surface area contributed by atoms with Crippen LogP contribution in [0.4, 0.5) is 19.0 Å². The number of nitrogens with one attached hydrogen (secondary N) is 1. The molecule has 258 valence electrons. The molecule has 2 aliphatic rings. The summed E-state index contributed by atoms with van der Waals surface area (Å²) in [6.07, 6.45) is -0.278. The monoisotopic (exact) mass is 700 g/mol. The number of piperazine rings is 1. The molecule has 1 N–H and O–H groups in total. The molecule has 0 radical (unpaired) electrons. The van der Waals surface area contributed by atoms with Crippen LogP contribution < -0.4 is 5.32 Å². The Bertz CT molecular complexity index is 1830. The second-order valence-electron chi connectivity index (χ2n) is 13.5. The van der Waals surface area contributed by atoms with Gasteiger partial charge in [-0.2, -0.15) is 18.4 Å². The topological polar surface area (TPSA) is 93.3 Å². The molecule has 0 spiro atoms. The molecule has 0 saturated carbocycles. The van der Waals surface area contributed by atoms with Crippen LogP contribution in [-0.4, -0.2) is 95.6 Å². The summed E-state index contributed by atoms with van der Waals surface area (Å²) >= 11 is 1.07. The minimum absolute atomic E-state index is 0.168. The number of halogens is 3. The van der Waals surface area contributed by atoms with E-state index < -0.39 is 23.6 Å². The van der Waals surface area contributed by atoms with Crippen LogP contribution in [0.3, 0.4) is 0 Å². The number of hydrogen-bond acceptors (Lipinski definition) is 8. The summed E-state index contributed by atoms with van der Waals surface area (Å²) in [7, 11) is -1.00. The lowest BCUT2D eigenvalue weighted by Crippen LogP contribution is -2.59. The highest BCUT2D eigenvalue weighted by molar-refractivity contribution is 7.81. The molecule has 5 heterocycles. The summed E-state index contributed by atoms with van der Waals surface area (Å²) in [5, 5.41) is 15.3. The highest BCUT2D eigenvalue weighted by atomic mass is 32.2. The normalized spacial score (nSPS) is 21.9. The molecule has 48 heavy (non-hydrogen) atoms. The maximum atomic E-state index is 13.0. The van der Waals surface area contributed by atoms with Crippen molar-refractivity contribution >= 4 is 49.3 Å². The highest BCUT2D eigenvalue weighted by Gasteiger charge is 2.34. The quantitative estimate of drug-likeness (QED) is 0.226. The van der Waals surface area contributed by atoms with E-state index in [1.807, 2.05) is 6.07 Å². The first-order valence-corrected chi connectivity index (χ1v) is 18.8. The Morgan fingerprint density at radius 1 is 1.12 bits per heavy atom. The lowest BCUT2D eigenvalue weighted by atomic mass is 10.0. The first-order valence-electron chi connectivity index (χ1n) is 16.5. The molecule has 9 nitrogen and oxygen atoms in total. The van der Waals surface area contributed by atoms with Gasteiger partial charge >= 0.3 is 6.18 Å². The number of thiophene rings is 1. The Morgan fingerprint density at radius 2 is 1.83 bits per heavy atom. The van der Waals surface area contributed by atoms with Crippen molar-refractivity contribution in [2.24, 2.45) is 0 Å². The van der Waals surface area contributed by atoms with Gasteiger partial charge in [-0.25, -0.2) is 18.5 Å². The largest absolute Gasteiger partial charge is 0.393 e. The molecule has 4 aromatic rings.